The van der Waals surface area contributed by atoms with Gasteiger partial charge >= 0.3 is 6.09 Å². The molecule has 1 aliphatic carbocycles. The maximum absolute atomic E-state index is 14.4. The maximum atomic E-state index is 14.4. The van der Waals surface area contributed by atoms with Crippen LogP contribution in [-0.4, -0.2) is 29.7 Å². The number of amides is 1. The van der Waals surface area contributed by atoms with Crippen LogP contribution in [0.4, 0.5) is 13.6 Å². The number of carbonyl (C=O) groups is 1. The first kappa shape index (κ1) is 17.1. The van der Waals surface area contributed by atoms with Gasteiger partial charge in [-0.2, -0.15) is 0 Å². The fourth-order valence-corrected chi connectivity index (χ4v) is 2.66. The van der Waals surface area contributed by atoms with E-state index in [1.807, 2.05) is 0 Å². The summed E-state index contributed by atoms with van der Waals surface area (Å²) in [6.07, 6.45) is 1.58. The molecule has 6 heteroatoms. The normalized spacial score (nSPS) is 19.5. The first-order chi connectivity index (χ1) is 9.12. The topological polar surface area (TPSA) is 64.3 Å². The minimum absolute atomic E-state index is 0.106. The highest BCUT2D eigenvalue weighted by molar-refractivity contribution is 5.69. The molecule has 0 radical (unpaired) electrons. The Morgan fingerprint density at radius 3 is 2.25 bits per heavy atom. The van der Waals surface area contributed by atoms with Crippen molar-refractivity contribution >= 4 is 6.09 Å². The summed E-state index contributed by atoms with van der Waals surface area (Å²) in [4.78, 5) is 11.9. The Balaban J connectivity index is 2.86. The number of halogens is 2. The number of hydrogen-bond acceptors (Lipinski definition) is 3. The van der Waals surface area contributed by atoms with Crippen molar-refractivity contribution in [3.05, 3.63) is 0 Å². The Morgan fingerprint density at radius 1 is 1.25 bits per heavy atom. The minimum Gasteiger partial charge on any atom is -0.444 e. The van der Waals surface area contributed by atoms with Gasteiger partial charge < -0.3 is 15.8 Å². The molecule has 0 bridgehead atoms. The largest absolute Gasteiger partial charge is 0.444 e. The zero-order chi connectivity index (χ0) is 15.4. The van der Waals surface area contributed by atoms with Gasteiger partial charge in [0.05, 0.1) is 0 Å². The number of ether oxygens (including phenoxy) is 1. The summed E-state index contributed by atoms with van der Waals surface area (Å²) in [5, 5.41) is 2.45. The van der Waals surface area contributed by atoms with E-state index < -0.39 is 29.6 Å². The molecule has 0 saturated heterocycles. The number of carbonyl (C=O) groups excluding carboxylic acids is 1. The molecule has 20 heavy (non-hydrogen) atoms. The first-order valence-corrected chi connectivity index (χ1v) is 7.21. The lowest BCUT2D eigenvalue weighted by Crippen LogP contribution is -2.62. The molecular weight excluding hydrogens is 266 g/mol. The van der Waals surface area contributed by atoms with Crippen LogP contribution in [0.3, 0.4) is 0 Å². The van der Waals surface area contributed by atoms with Crippen LogP contribution in [0.2, 0.25) is 0 Å². The monoisotopic (exact) mass is 292 g/mol. The number of alkyl halides is 2. The van der Waals surface area contributed by atoms with Crippen molar-refractivity contribution in [1.82, 2.24) is 5.32 Å². The van der Waals surface area contributed by atoms with Crippen LogP contribution < -0.4 is 11.1 Å². The van der Waals surface area contributed by atoms with Crippen molar-refractivity contribution in [3.8, 4) is 0 Å². The average Bonchev–Trinajstić information content (AvgIpc) is 2.27. The molecule has 0 unspecified atom stereocenters. The molecule has 0 aliphatic heterocycles. The Morgan fingerprint density at radius 2 is 1.80 bits per heavy atom. The number of nitrogens with one attached hydrogen (secondary N) is 1. The van der Waals surface area contributed by atoms with Gasteiger partial charge in [-0.1, -0.05) is 19.3 Å². The Hall–Kier alpha value is -0.910. The molecule has 4 nitrogen and oxygen atoms in total. The van der Waals surface area contributed by atoms with Gasteiger partial charge in [-0.05, 0) is 40.2 Å². The lowest BCUT2D eigenvalue weighted by molar-refractivity contribution is -0.109. The van der Waals surface area contributed by atoms with Crippen molar-refractivity contribution in [2.45, 2.75) is 76.4 Å². The smallest absolute Gasteiger partial charge is 0.408 e. The quantitative estimate of drug-likeness (QED) is 0.836. The van der Waals surface area contributed by atoms with E-state index >= 15 is 0 Å². The molecule has 0 aromatic carbocycles. The van der Waals surface area contributed by atoms with Crippen molar-refractivity contribution in [2.75, 3.05) is 6.54 Å². The summed E-state index contributed by atoms with van der Waals surface area (Å²) in [5.74, 6) is -3.01. The van der Waals surface area contributed by atoms with E-state index in [-0.39, 0.29) is 19.4 Å². The number of nitrogens with two attached hydrogens (primary N) is 1. The number of rotatable bonds is 4. The minimum atomic E-state index is -3.01. The molecule has 3 N–H and O–H groups in total. The van der Waals surface area contributed by atoms with Gasteiger partial charge in [-0.15, -0.1) is 0 Å². The number of alkyl carbamates (subject to hydrolysis) is 1. The second kappa shape index (κ2) is 6.24. The third-order valence-electron chi connectivity index (χ3n) is 3.61. The second-order valence-corrected chi connectivity index (χ2v) is 6.51. The molecule has 1 saturated carbocycles. The highest BCUT2D eigenvalue weighted by Gasteiger charge is 2.54. The molecular formula is C14H26F2N2O2. The fraction of sp³-hybridized carbons (Fsp3) is 0.929. The first-order valence-electron chi connectivity index (χ1n) is 7.21. The van der Waals surface area contributed by atoms with E-state index in [1.54, 1.807) is 20.8 Å². The lowest BCUT2D eigenvalue weighted by Gasteiger charge is -2.43. The molecule has 0 heterocycles. The van der Waals surface area contributed by atoms with E-state index in [4.69, 9.17) is 10.5 Å². The van der Waals surface area contributed by atoms with Gasteiger partial charge in [0.25, 0.3) is 5.92 Å². The Labute approximate surface area is 119 Å². The van der Waals surface area contributed by atoms with Gasteiger partial charge in [0.15, 0.2) is 0 Å². The zero-order valence-corrected chi connectivity index (χ0v) is 12.6. The predicted octanol–water partition coefficient (Wildman–Crippen LogP) is 3.20. The summed E-state index contributed by atoms with van der Waals surface area (Å²) in [6, 6.07) is 0. The van der Waals surface area contributed by atoms with Crippen LogP contribution in [-0.2, 0) is 4.74 Å². The number of hydrogen-bond donors (Lipinski definition) is 2. The predicted molar refractivity (Wildman–Crippen MR) is 73.8 cm³/mol. The fourth-order valence-electron chi connectivity index (χ4n) is 2.66. The van der Waals surface area contributed by atoms with Crippen molar-refractivity contribution in [2.24, 2.45) is 5.73 Å². The molecule has 0 spiro atoms. The molecule has 0 aromatic heterocycles. The van der Waals surface area contributed by atoms with E-state index in [0.717, 1.165) is 6.42 Å². The van der Waals surface area contributed by atoms with Crippen LogP contribution in [0.5, 0.6) is 0 Å². The average molecular weight is 292 g/mol. The van der Waals surface area contributed by atoms with Gasteiger partial charge in [-0.3, -0.25) is 0 Å². The van der Waals surface area contributed by atoms with Crippen molar-refractivity contribution < 1.29 is 18.3 Å². The van der Waals surface area contributed by atoms with Crippen LogP contribution in [0.25, 0.3) is 0 Å². The molecule has 0 atom stereocenters. The molecule has 1 rings (SSSR count). The summed E-state index contributed by atoms with van der Waals surface area (Å²) in [7, 11) is 0. The van der Waals surface area contributed by atoms with E-state index in [9.17, 15) is 13.6 Å². The molecule has 0 aromatic rings. The van der Waals surface area contributed by atoms with Crippen LogP contribution in [0.1, 0.15) is 59.3 Å². The van der Waals surface area contributed by atoms with E-state index in [0.29, 0.717) is 12.8 Å². The van der Waals surface area contributed by atoms with Crippen molar-refractivity contribution in [1.29, 1.82) is 0 Å². The standard InChI is InChI=1S/C14H26F2N2O2/c1-12(2,3)20-11(19)18-13(7-5-4-6-8-13)14(15,16)9-10-17/h4-10,17H2,1-3H3,(H,18,19). The molecule has 1 amide bonds. The summed E-state index contributed by atoms with van der Waals surface area (Å²) in [5.41, 5.74) is 3.06. The van der Waals surface area contributed by atoms with Crippen LogP contribution in [0.15, 0.2) is 0 Å². The highest BCUT2D eigenvalue weighted by Crippen LogP contribution is 2.42. The maximum Gasteiger partial charge on any atom is 0.408 e. The summed E-state index contributed by atoms with van der Waals surface area (Å²) < 4.78 is 33.9. The van der Waals surface area contributed by atoms with Crippen LogP contribution in [0, 0.1) is 0 Å². The second-order valence-electron chi connectivity index (χ2n) is 6.51. The third-order valence-corrected chi connectivity index (χ3v) is 3.61. The van der Waals surface area contributed by atoms with E-state index in [1.165, 1.54) is 0 Å². The zero-order valence-electron chi connectivity index (χ0n) is 12.6. The van der Waals surface area contributed by atoms with E-state index in [2.05, 4.69) is 5.32 Å². The van der Waals surface area contributed by atoms with Gasteiger partial charge in [0.2, 0.25) is 0 Å². The summed E-state index contributed by atoms with van der Waals surface area (Å²) >= 11 is 0. The highest BCUT2D eigenvalue weighted by atomic mass is 19.3. The van der Waals surface area contributed by atoms with Crippen LogP contribution >= 0.6 is 0 Å². The SMILES string of the molecule is CC(C)(C)OC(=O)NC1(C(F)(F)CCN)CCCCC1. The lowest BCUT2D eigenvalue weighted by atomic mass is 9.76. The molecule has 118 valence electrons. The van der Waals surface area contributed by atoms with Gasteiger partial charge in [-0.25, -0.2) is 13.6 Å². The molecule has 1 fully saturated rings. The molecule has 1 aliphatic rings. The Kier molecular flexibility index (Phi) is 5.35. The van der Waals surface area contributed by atoms with Gasteiger partial charge in [0.1, 0.15) is 11.1 Å². The third kappa shape index (κ3) is 4.30. The van der Waals surface area contributed by atoms with Gasteiger partial charge in [0, 0.05) is 6.42 Å². The van der Waals surface area contributed by atoms with Crippen molar-refractivity contribution in [3.63, 3.8) is 0 Å². The summed E-state index contributed by atoms with van der Waals surface area (Å²) in [6.45, 7) is 5.01. The Bertz CT molecular complexity index is 335.